The summed E-state index contributed by atoms with van der Waals surface area (Å²) in [6.07, 6.45) is 1.04. The molecule has 0 aromatic carbocycles. The number of aliphatic hydroxyl groups is 2. The standard InChI is InChI=1S/C11H24N2O3/c1-4-11(6-14,7-15)13-10(16)9(12)5-8(2)3/h8-9,14-15H,4-7,12H2,1-3H3,(H,13,16)/t9-/m1/s1. The summed E-state index contributed by atoms with van der Waals surface area (Å²) in [4.78, 5) is 11.7. The van der Waals surface area contributed by atoms with Crippen LogP contribution in [0.4, 0.5) is 0 Å². The second-order valence-electron chi connectivity index (χ2n) is 4.68. The Labute approximate surface area is 97.0 Å². The summed E-state index contributed by atoms with van der Waals surface area (Å²) in [5.74, 6) is 0.0127. The molecule has 0 aliphatic heterocycles. The molecule has 0 aliphatic rings. The Kier molecular flexibility index (Phi) is 6.55. The van der Waals surface area contributed by atoms with Gasteiger partial charge in [-0.25, -0.2) is 0 Å². The van der Waals surface area contributed by atoms with Crippen molar-refractivity contribution in [1.82, 2.24) is 5.32 Å². The molecule has 0 unspecified atom stereocenters. The molecule has 96 valence electrons. The van der Waals surface area contributed by atoms with Gasteiger partial charge in [0.15, 0.2) is 0 Å². The molecular weight excluding hydrogens is 208 g/mol. The summed E-state index contributed by atoms with van der Waals surface area (Å²) in [7, 11) is 0. The summed E-state index contributed by atoms with van der Waals surface area (Å²) >= 11 is 0. The van der Waals surface area contributed by atoms with Crippen LogP contribution in [0, 0.1) is 5.92 Å². The molecule has 1 atom stereocenters. The summed E-state index contributed by atoms with van der Waals surface area (Å²) in [5, 5.41) is 21.0. The maximum Gasteiger partial charge on any atom is 0.237 e. The van der Waals surface area contributed by atoms with Crippen molar-refractivity contribution in [3.8, 4) is 0 Å². The fourth-order valence-corrected chi connectivity index (χ4v) is 1.41. The van der Waals surface area contributed by atoms with Crippen LogP contribution in [-0.2, 0) is 4.79 Å². The first-order valence-electron chi connectivity index (χ1n) is 5.70. The predicted molar refractivity (Wildman–Crippen MR) is 62.8 cm³/mol. The van der Waals surface area contributed by atoms with E-state index in [1.54, 1.807) is 6.92 Å². The molecule has 0 heterocycles. The van der Waals surface area contributed by atoms with Gasteiger partial charge in [-0.3, -0.25) is 4.79 Å². The normalized spacial score (nSPS) is 13.9. The molecule has 0 rings (SSSR count). The van der Waals surface area contributed by atoms with Crippen molar-refractivity contribution in [1.29, 1.82) is 0 Å². The molecule has 0 aromatic heterocycles. The molecule has 0 fully saturated rings. The van der Waals surface area contributed by atoms with Gasteiger partial charge < -0.3 is 21.3 Å². The second-order valence-corrected chi connectivity index (χ2v) is 4.68. The van der Waals surface area contributed by atoms with E-state index in [-0.39, 0.29) is 19.1 Å². The van der Waals surface area contributed by atoms with Crippen molar-refractivity contribution in [2.45, 2.75) is 45.2 Å². The predicted octanol–water partition coefficient (Wildman–Crippen LogP) is -0.391. The van der Waals surface area contributed by atoms with Crippen molar-refractivity contribution in [3.63, 3.8) is 0 Å². The zero-order valence-electron chi connectivity index (χ0n) is 10.4. The first-order valence-corrected chi connectivity index (χ1v) is 5.70. The Hall–Kier alpha value is -0.650. The number of hydrogen-bond donors (Lipinski definition) is 4. The van der Waals surface area contributed by atoms with Gasteiger partial charge in [0.1, 0.15) is 0 Å². The van der Waals surface area contributed by atoms with Gasteiger partial charge in [0.2, 0.25) is 5.91 Å². The highest BCUT2D eigenvalue weighted by molar-refractivity contribution is 5.82. The van der Waals surface area contributed by atoms with Crippen molar-refractivity contribution >= 4 is 5.91 Å². The average molecular weight is 232 g/mol. The van der Waals surface area contributed by atoms with E-state index in [0.717, 1.165) is 0 Å². The number of amides is 1. The Bertz CT molecular complexity index is 207. The molecule has 0 radical (unpaired) electrons. The number of rotatable bonds is 7. The lowest BCUT2D eigenvalue weighted by Crippen LogP contribution is -2.57. The van der Waals surface area contributed by atoms with Crippen molar-refractivity contribution in [2.24, 2.45) is 11.7 Å². The van der Waals surface area contributed by atoms with Crippen LogP contribution in [0.25, 0.3) is 0 Å². The van der Waals surface area contributed by atoms with E-state index in [1.165, 1.54) is 0 Å². The van der Waals surface area contributed by atoms with Gasteiger partial charge in [0.05, 0.1) is 24.8 Å². The molecule has 1 amide bonds. The van der Waals surface area contributed by atoms with Gasteiger partial charge in [-0.15, -0.1) is 0 Å². The zero-order valence-corrected chi connectivity index (χ0v) is 10.4. The maximum atomic E-state index is 11.7. The van der Waals surface area contributed by atoms with Gasteiger partial charge in [-0.1, -0.05) is 20.8 Å². The number of nitrogens with two attached hydrogens (primary N) is 1. The highest BCUT2D eigenvalue weighted by atomic mass is 16.3. The van der Waals surface area contributed by atoms with Gasteiger partial charge in [-0.2, -0.15) is 0 Å². The van der Waals surface area contributed by atoms with Crippen molar-refractivity contribution in [2.75, 3.05) is 13.2 Å². The van der Waals surface area contributed by atoms with E-state index in [2.05, 4.69) is 5.32 Å². The highest BCUT2D eigenvalue weighted by Gasteiger charge is 2.30. The maximum absolute atomic E-state index is 11.7. The van der Waals surface area contributed by atoms with Crippen LogP contribution < -0.4 is 11.1 Å². The Balaban J connectivity index is 4.40. The van der Waals surface area contributed by atoms with Crippen LogP contribution in [0.1, 0.15) is 33.6 Å². The molecule has 5 nitrogen and oxygen atoms in total. The molecule has 0 aliphatic carbocycles. The lowest BCUT2D eigenvalue weighted by Gasteiger charge is -2.31. The zero-order chi connectivity index (χ0) is 12.8. The van der Waals surface area contributed by atoms with Crippen molar-refractivity contribution in [3.05, 3.63) is 0 Å². The summed E-state index contributed by atoms with van der Waals surface area (Å²) < 4.78 is 0. The third-order valence-electron chi connectivity index (χ3n) is 2.73. The molecule has 0 aromatic rings. The SMILES string of the molecule is CCC(CO)(CO)NC(=O)[C@H](N)CC(C)C. The second kappa shape index (κ2) is 6.83. The number of hydrogen-bond acceptors (Lipinski definition) is 4. The Morgan fingerprint density at radius 3 is 2.19 bits per heavy atom. The minimum Gasteiger partial charge on any atom is -0.394 e. The van der Waals surface area contributed by atoms with Crippen LogP contribution in [0.15, 0.2) is 0 Å². The highest BCUT2D eigenvalue weighted by Crippen LogP contribution is 2.10. The smallest absolute Gasteiger partial charge is 0.237 e. The van der Waals surface area contributed by atoms with E-state index in [0.29, 0.717) is 18.8 Å². The van der Waals surface area contributed by atoms with Crippen LogP contribution >= 0.6 is 0 Å². The van der Waals surface area contributed by atoms with Gasteiger partial charge in [0.25, 0.3) is 0 Å². The number of aliphatic hydroxyl groups excluding tert-OH is 2. The Morgan fingerprint density at radius 2 is 1.88 bits per heavy atom. The van der Waals surface area contributed by atoms with Crippen molar-refractivity contribution < 1.29 is 15.0 Å². The third-order valence-corrected chi connectivity index (χ3v) is 2.73. The van der Waals surface area contributed by atoms with Crippen LogP contribution in [0.2, 0.25) is 0 Å². The Morgan fingerprint density at radius 1 is 1.38 bits per heavy atom. The summed E-state index contributed by atoms with van der Waals surface area (Å²) in [6.45, 7) is 5.18. The minimum atomic E-state index is -0.953. The number of nitrogens with one attached hydrogen (secondary N) is 1. The van der Waals surface area contributed by atoms with Crippen LogP contribution in [0.3, 0.4) is 0 Å². The number of carbonyl (C=O) groups excluding carboxylic acids is 1. The topological polar surface area (TPSA) is 95.6 Å². The lowest BCUT2D eigenvalue weighted by atomic mass is 9.96. The first kappa shape index (κ1) is 15.3. The molecule has 5 heteroatoms. The molecule has 0 spiro atoms. The quantitative estimate of drug-likeness (QED) is 0.481. The van der Waals surface area contributed by atoms with E-state index in [1.807, 2.05) is 13.8 Å². The average Bonchev–Trinajstić information content (AvgIpc) is 2.25. The largest absolute Gasteiger partial charge is 0.394 e. The lowest BCUT2D eigenvalue weighted by molar-refractivity contribution is -0.126. The minimum absolute atomic E-state index is 0.292. The van der Waals surface area contributed by atoms with Gasteiger partial charge in [-0.05, 0) is 18.8 Å². The summed E-state index contributed by atoms with van der Waals surface area (Å²) in [6, 6.07) is -0.593. The monoisotopic (exact) mass is 232 g/mol. The first-order chi connectivity index (χ1) is 7.40. The molecule has 5 N–H and O–H groups in total. The fourth-order valence-electron chi connectivity index (χ4n) is 1.41. The van der Waals surface area contributed by atoms with Crippen LogP contribution in [-0.4, -0.2) is 40.9 Å². The number of carbonyl (C=O) groups is 1. The van der Waals surface area contributed by atoms with E-state index < -0.39 is 11.6 Å². The third kappa shape index (κ3) is 4.47. The van der Waals surface area contributed by atoms with Gasteiger partial charge in [0, 0.05) is 0 Å². The molecule has 16 heavy (non-hydrogen) atoms. The van der Waals surface area contributed by atoms with E-state index in [4.69, 9.17) is 5.73 Å². The van der Waals surface area contributed by atoms with E-state index >= 15 is 0 Å². The molecule has 0 saturated carbocycles. The molecule has 0 saturated heterocycles. The fraction of sp³-hybridized carbons (Fsp3) is 0.909. The molecular formula is C11H24N2O3. The van der Waals surface area contributed by atoms with Crippen LogP contribution in [0.5, 0.6) is 0 Å². The summed E-state index contributed by atoms with van der Waals surface area (Å²) in [5.41, 5.74) is 4.76. The van der Waals surface area contributed by atoms with Gasteiger partial charge >= 0.3 is 0 Å². The molecule has 0 bridgehead atoms. The van der Waals surface area contributed by atoms with E-state index in [9.17, 15) is 15.0 Å².